The Kier molecular flexibility index (Phi) is 7.61. The Morgan fingerprint density at radius 3 is 2.42 bits per heavy atom. The smallest absolute Gasteiger partial charge is 0.336 e. The first-order valence-corrected chi connectivity index (χ1v) is 13.6. The Morgan fingerprint density at radius 2 is 1.77 bits per heavy atom. The maximum atomic E-state index is 13.7. The zero-order valence-electron chi connectivity index (χ0n) is 21.9. The summed E-state index contributed by atoms with van der Waals surface area (Å²) in [4.78, 5) is 37.3. The number of hydrogen-bond acceptors (Lipinski definition) is 8. The van der Waals surface area contributed by atoms with Crippen molar-refractivity contribution in [3.63, 3.8) is 0 Å². The van der Waals surface area contributed by atoms with Crippen LogP contribution in [0, 0.1) is 13.7 Å². The number of fused-ring (bicyclic) bond motifs is 2. The van der Waals surface area contributed by atoms with E-state index in [0.717, 1.165) is 11.1 Å². The molecule has 5 rings (SSSR count). The largest absolute Gasteiger partial charge is 0.490 e. The first kappa shape index (κ1) is 27.4. The zero-order chi connectivity index (χ0) is 28.6. The van der Waals surface area contributed by atoms with Gasteiger partial charge in [0.2, 0.25) is 0 Å². The lowest BCUT2D eigenvalue weighted by molar-refractivity contribution is -0.384. The SMILES string of the molecule is CCOc1cc([C@H]2C(C(=O)OC)=C(C)NC3=C2C(=O)c2ccccc23)cc(I)c1OCc1ccc([N+](=O)[O-])cc1. The second-order valence-electron chi connectivity index (χ2n) is 9.23. The van der Waals surface area contributed by atoms with Gasteiger partial charge in [-0.15, -0.1) is 0 Å². The maximum absolute atomic E-state index is 13.7. The third-order valence-corrected chi connectivity index (χ3v) is 7.65. The van der Waals surface area contributed by atoms with Crippen LogP contribution < -0.4 is 14.8 Å². The fraction of sp³-hybridized carbons (Fsp3) is 0.200. The number of nitrogens with one attached hydrogen (secondary N) is 1. The Labute approximate surface area is 244 Å². The van der Waals surface area contributed by atoms with E-state index in [1.807, 2.05) is 31.2 Å². The van der Waals surface area contributed by atoms with Crippen LogP contribution in [0.25, 0.3) is 5.70 Å². The minimum Gasteiger partial charge on any atom is -0.490 e. The molecule has 3 aromatic rings. The summed E-state index contributed by atoms with van der Waals surface area (Å²) in [6.45, 7) is 4.17. The van der Waals surface area contributed by atoms with E-state index in [-0.39, 0.29) is 18.1 Å². The molecule has 1 atom stereocenters. The molecule has 204 valence electrons. The van der Waals surface area contributed by atoms with E-state index in [9.17, 15) is 19.7 Å². The molecule has 0 aromatic heterocycles. The van der Waals surface area contributed by atoms with Crippen molar-refractivity contribution in [1.29, 1.82) is 0 Å². The van der Waals surface area contributed by atoms with Crippen LogP contribution in [0.4, 0.5) is 5.69 Å². The predicted octanol–water partition coefficient (Wildman–Crippen LogP) is 5.92. The van der Waals surface area contributed by atoms with Gasteiger partial charge >= 0.3 is 5.97 Å². The molecule has 0 saturated carbocycles. The summed E-state index contributed by atoms with van der Waals surface area (Å²) in [5.74, 6) is -0.425. The lowest BCUT2D eigenvalue weighted by Gasteiger charge is -2.29. The van der Waals surface area contributed by atoms with Crippen molar-refractivity contribution >= 4 is 45.7 Å². The monoisotopic (exact) mass is 652 g/mol. The van der Waals surface area contributed by atoms with Gasteiger partial charge in [-0.05, 0) is 71.8 Å². The number of dihydropyridines is 1. The third kappa shape index (κ3) is 4.83. The third-order valence-electron chi connectivity index (χ3n) is 6.85. The number of carbonyl (C=O) groups is 2. The van der Waals surface area contributed by atoms with Gasteiger partial charge in [0.15, 0.2) is 17.3 Å². The molecule has 0 fully saturated rings. The van der Waals surface area contributed by atoms with Crippen molar-refractivity contribution in [1.82, 2.24) is 5.32 Å². The van der Waals surface area contributed by atoms with E-state index < -0.39 is 16.8 Å². The highest BCUT2D eigenvalue weighted by molar-refractivity contribution is 14.1. The van der Waals surface area contributed by atoms with E-state index in [1.165, 1.54) is 19.2 Å². The number of esters is 1. The Morgan fingerprint density at radius 1 is 1.07 bits per heavy atom. The lowest BCUT2D eigenvalue weighted by Crippen LogP contribution is -2.29. The second kappa shape index (κ2) is 11.1. The first-order valence-electron chi connectivity index (χ1n) is 12.5. The van der Waals surface area contributed by atoms with Crippen molar-refractivity contribution in [3.05, 3.63) is 113 Å². The molecule has 0 saturated heterocycles. The molecule has 1 heterocycles. The zero-order valence-corrected chi connectivity index (χ0v) is 24.1. The molecule has 0 unspecified atom stereocenters. The van der Waals surface area contributed by atoms with Crippen LogP contribution in [0.15, 0.2) is 77.5 Å². The fourth-order valence-electron chi connectivity index (χ4n) is 5.07. The number of ether oxygens (including phenoxy) is 3. The highest BCUT2D eigenvalue weighted by Crippen LogP contribution is 2.48. The van der Waals surface area contributed by atoms with Gasteiger partial charge in [0.1, 0.15) is 6.61 Å². The Bertz CT molecular complexity index is 1610. The number of halogens is 1. The van der Waals surface area contributed by atoms with Crippen molar-refractivity contribution in [2.45, 2.75) is 26.4 Å². The summed E-state index contributed by atoms with van der Waals surface area (Å²) in [6, 6.07) is 17.2. The van der Waals surface area contributed by atoms with E-state index in [0.29, 0.717) is 55.3 Å². The number of nitrogens with zero attached hydrogens (tertiary/aromatic N) is 1. The van der Waals surface area contributed by atoms with Crippen LogP contribution in [0.3, 0.4) is 0 Å². The molecule has 3 aromatic carbocycles. The fourth-order valence-corrected chi connectivity index (χ4v) is 5.85. The van der Waals surface area contributed by atoms with Gasteiger partial charge in [-0.3, -0.25) is 14.9 Å². The molecule has 0 amide bonds. The minimum absolute atomic E-state index is 0.00158. The number of Topliss-reactive ketones (excluding diaryl/α,β-unsaturated/α-hetero) is 1. The number of hydrogen-bond donors (Lipinski definition) is 1. The number of carbonyl (C=O) groups excluding carboxylic acids is 2. The number of benzene rings is 3. The first-order chi connectivity index (χ1) is 19.2. The second-order valence-corrected chi connectivity index (χ2v) is 10.4. The van der Waals surface area contributed by atoms with Crippen LogP contribution in [0.1, 0.15) is 46.8 Å². The molecule has 1 aliphatic carbocycles. The highest BCUT2D eigenvalue weighted by atomic mass is 127. The lowest BCUT2D eigenvalue weighted by atomic mass is 9.79. The quantitative estimate of drug-likeness (QED) is 0.138. The molecule has 1 aliphatic heterocycles. The normalized spacial score (nSPS) is 15.8. The molecular formula is C30H25IN2O7. The number of rotatable bonds is 8. The van der Waals surface area contributed by atoms with E-state index in [4.69, 9.17) is 14.2 Å². The van der Waals surface area contributed by atoms with Gasteiger partial charge in [-0.1, -0.05) is 24.3 Å². The average molecular weight is 652 g/mol. The molecule has 0 spiro atoms. The van der Waals surface area contributed by atoms with Gasteiger partial charge in [0.25, 0.3) is 5.69 Å². The van der Waals surface area contributed by atoms with Gasteiger partial charge in [0.05, 0.1) is 33.5 Å². The number of methoxy groups -OCH3 is 1. The predicted molar refractivity (Wildman–Crippen MR) is 156 cm³/mol. The standard InChI is InChI=1S/C30H25IN2O7/c1-4-39-23-14-18(13-22(31)29(23)40-15-17-9-11-19(12-10-17)33(36)37)25-24(30(35)38-3)16(2)32-27-20-7-5-6-8-21(20)28(34)26(25)27/h5-14,25,32H,4,15H2,1-3H3/t25-/m0/s1. The number of nitro benzene ring substituents is 1. The summed E-state index contributed by atoms with van der Waals surface area (Å²) in [7, 11) is 1.32. The molecule has 10 heteroatoms. The summed E-state index contributed by atoms with van der Waals surface area (Å²) in [5, 5.41) is 14.3. The van der Waals surface area contributed by atoms with Crippen molar-refractivity contribution < 1.29 is 28.7 Å². The van der Waals surface area contributed by atoms with Gasteiger partial charge in [0, 0.05) is 40.4 Å². The number of nitro groups is 1. The van der Waals surface area contributed by atoms with Crippen molar-refractivity contribution in [2.24, 2.45) is 0 Å². The minimum atomic E-state index is -0.694. The van der Waals surface area contributed by atoms with Crippen molar-refractivity contribution in [3.8, 4) is 11.5 Å². The maximum Gasteiger partial charge on any atom is 0.336 e. The summed E-state index contributed by atoms with van der Waals surface area (Å²) < 4.78 is 18.0. The average Bonchev–Trinajstić information content (AvgIpc) is 3.23. The summed E-state index contributed by atoms with van der Waals surface area (Å²) >= 11 is 2.15. The Balaban J connectivity index is 1.57. The molecule has 0 radical (unpaired) electrons. The van der Waals surface area contributed by atoms with E-state index in [1.54, 1.807) is 31.2 Å². The summed E-state index contributed by atoms with van der Waals surface area (Å²) in [6.07, 6.45) is 0. The molecule has 40 heavy (non-hydrogen) atoms. The van der Waals surface area contributed by atoms with Gasteiger partial charge in [-0.25, -0.2) is 4.79 Å². The highest BCUT2D eigenvalue weighted by Gasteiger charge is 2.43. The van der Waals surface area contributed by atoms with Crippen LogP contribution in [-0.4, -0.2) is 30.4 Å². The number of non-ortho nitro benzene ring substituents is 1. The van der Waals surface area contributed by atoms with Crippen LogP contribution in [0.2, 0.25) is 0 Å². The van der Waals surface area contributed by atoms with Crippen LogP contribution in [0.5, 0.6) is 11.5 Å². The van der Waals surface area contributed by atoms with Crippen LogP contribution in [-0.2, 0) is 16.1 Å². The van der Waals surface area contributed by atoms with Crippen LogP contribution >= 0.6 is 22.6 Å². The van der Waals surface area contributed by atoms with Gasteiger partial charge in [-0.2, -0.15) is 0 Å². The van der Waals surface area contributed by atoms with Gasteiger partial charge < -0.3 is 19.5 Å². The molecule has 2 aliphatic rings. The van der Waals surface area contributed by atoms with E-state index >= 15 is 0 Å². The topological polar surface area (TPSA) is 117 Å². The Hall–Kier alpha value is -4.19. The molecule has 1 N–H and O–H groups in total. The molecule has 0 bridgehead atoms. The van der Waals surface area contributed by atoms with E-state index in [2.05, 4.69) is 27.9 Å². The summed E-state index contributed by atoms with van der Waals surface area (Å²) in [5.41, 5.74) is 4.92. The molecular weight excluding hydrogens is 627 g/mol. The molecule has 9 nitrogen and oxygen atoms in total. The number of allylic oxidation sites excluding steroid dienone is 2. The number of ketones is 1. The van der Waals surface area contributed by atoms with Crippen molar-refractivity contribution in [2.75, 3.05) is 13.7 Å².